The summed E-state index contributed by atoms with van der Waals surface area (Å²) in [5.74, 6) is 0.263. The molecule has 0 bridgehead atoms. The van der Waals surface area contributed by atoms with E-state index in [-0.39, 0.29) is 18.2 Å². The van der Waals surface area contributed by atoms with Crippen LogP contribution in [0.1, 0.15) is 6.42 Å². The van der Waals surface area contributed by atoms with Crippen molar-refractivity contribution in [3.8, 4) is 0 Å². The second kappa shape index (κ2) is 5.85. The van der Waals surface area contributed by atoms with Gasteiger partial charge in [-0.3, -0.25) is 5.41 Å². The second-order valence-corrected chi connectivity index (χ2v) is 2.08. The van der Waals surface area contributed by atoms with Crippen LogP contribution in [0.4, 0.5) is 0 Å². The molecule has 4 heteroatoms. The molecule has 0 atom stereocenters. The molecular formula is C5H14ClN3. The van der Waals surface area contributed by atoms with Gasteiger partial charge >= 0.3 is 0 Å². The van der Waals surface area contributed by atoms with E-state index in [4.69, 9.17) is 11.1 Å². The van der Waals surface area contributed by atoms with Gasteiger partial charge in [0.05, 0.1) is 5.84 Å². The third-order valence-corrected chi connectivity index (χ3v) is 0.828. The van der Waals surface area contributed by atoms with Crippen LogP contribution in [-0.4, -0.2) is 31.4 Å². The first kappa shape index (κ1) is 11.5. The quantitative estimate of drug-likeness (QED) is 0.450. The van der Waals surface area contributed by atoms with Crippen LogP contribution in [0.15, 0.2) is 0 Å². The first-order valence-corrected chi connectivity index (χ1v) is 2.60. The zero-order valence-corrected chi connectivity index (χ0v) is 6.66. The Bertz CT molecular complexity index is 82.3. The van der Waals surface area contributed by atoms with Gasteiger partial charge in [-0.25, -0.2) is 0 Å². The molecule has 0 unspecified atom stereocenters. The number of hydrogen-bond donors (Lipinski definition) is 2. The molecule has 0 aromatic carbocycles. The highest BCUT2D eigenvalue weighted by Gasteiger charge is 1.89. The lowest BCUT2D eigenvalue weighted by Crippen LogP contribution is -2.20. The van der Waals surface area contributed by atoms with Crippen molar-refractivity contribution in [2.45, 2.75) is 6.42 Å². The Morgan fingerprint density at radius 3 is 2.11 bits per heavy atom. The second-order valence-electron chi connectivity index (χ2n) is 2.08. The predicted octanol–water partition coefficient (Wildman–Crippen LogP) is 0.296. The van der Waals surface area contributed by atoms with Crippen LogP contribution in [0.3, 0.4) is 0 Å². The number of amidine groups is 1. The summed E-state index contributed by atoms with van der Waals surface area (Å²) in [5, 5.41) is 6.84. The fraction of sp³-hybridized carbons (Fsp3) is 0.800. The molecule has 0 heterocycles. The third kappa shape index (κ3) is 11.3. The SMILES string of the molecule is CN(C)CCC(=N)N.Cl. The van der Waals surface area contributed by atoms with Crippen LogP contribution in [0, 0.1) is 5.41 Å². The van der Waals surface area contributed by atoms with Gasteiger partial charge in [0.2, 0.25) is 0 Å². The number of nitrogens with one attached hydrogen (secondary N) is 1. The van der Waals surface area contributed by atoms with E-state index in [0.29, 0.717) is 6.42 Å². The van der Waals surface area contributed by atoms with Gasteiger partial charge in [-0.05, 0) is 14.1 Å². The molecule has 0 rings (SSSR count). The van der Waals surface area contributed by atoms with Crippen molar-refractivity contribution < 1.29 is 0 Å². The molecule has 56 valence electrons. The normalized spacial score (nSPS) is 8.78. The zero-order valence-electron chi connectivity index (χ0n) is 5.85. The van der Waals surface area contributed by atoms with Crippen molar-refractivity contribution in [1.29, 1.82) is 5.41 Å². The van der Waals surface area contributed by atoms with Gasteiger partial charge in [-0.15, -0.1) is 12.4 Å². The molecule has 0 aliphatic carbocycles. The molecule has 9 heavy (non-hydrogen) atoms. The Kier molecular flexibility index (Phi) is 7.48. The van der Waals surface area contributed by atoms with Gasteiger partial charge in [0, 0.05) is 13.0 Å². The fourth-order valence-corrected chi connectivity index (χ4v) is 0.344. The predicted molar refractivity (Wildman–Crippen MR) is 42.3 cm³/mol. The molecule has 0 amide bonds. The summed E-state index contributed by atoms with van der Waals surface area (Å²) in [6, 6.07) is 0. The maximum Gasteiger partial charge on any atom is 0.0918 e. The Hall–Kier alpha value is -0.280. The molecule has 0 fully saturated rings. The highest BCUT2D eigenvalue weighted by molar-refractivity contribution is 5.85. The molecule has 3 N–H and O–H groups in total. The molecule has 3 nitrogen and oxygen atoms in total. The molecule has 0 saturated heterocycles. The standard InChI is InChI=1S/C5H13N3.ClH/c1-8(2)4-3-5(6)7;/h3-4H2,1-2H3,(H3,6,7);1H. The molecular weight excluding hydrogens is 138 g/mol. The van der Waals surface area contributed by atoms with Gasteiger partial charge in [0.15, 0.2) is 0 Å². The van der Waals surface area contributed by atoms with E-state index in [1.54, 1.807) is 0 Å². The van der Waals surface area contributed by atoms with Crippen LogP contribution in [0.25, 0.3) is 0 Å². The molecule has 0 spiro atoms. The summed E-state index contributed by atoms with van der Waals surface area (Å²) in [5.41, 5.74) is 5.10. The number of rotatable bonds is 3. The number of nitrogens with two attached hydrogens (primary N) is 1. The highest BCUT2D eigenvalue weighted by Crippen LogP contribution is 1.79. The average molecular weight is 152 g/mol. The van der Waals surface area contributed by atoms with Gasteiger partial charge in [-0.1, -0.05) is 0 Å². The van der Waals surface area contributed by atoms with Crippen LogP contribution in [0.2, 0.25) is 0 Å². The summed E-state index contributed by atoms with van der Waals surface area (Å²) < 4.78 is 0. The van der Waals surface area contributed by atoms with E-state index < -0.39 is 0 Å². The van der Waals surface area contributed by atoms with Gasteiger partial charge < -0.3 is 10.6 Å². The van der Waals surface area contributed by atoms with Crippen molar-refractivity contribution >= 4 is 18.2 Å². The third-order valence-electron chi connectivity index (χ3n) is 0.828. The first-order chi connectivity index (χ1) is 3.63. The monoisotopic (exact) mass is 151 g/mol. The van der Waals surface area contributed by atoms with E-state index >= 15 is 0 Å². The average Bonchev–Trinajstić information content (AvgIpc) is 1.61. The molecule has 0 radical (unpaired) electrons. The summed E-state index contributed by atoms with van der Waals surface area (Å²) in [6.45, 7) is 0.870. The van der Waals surface area contributed by atoms with Crippen molar-refractivity contribution in [3.63, 3.8) is 0 Å². The van der Waals surface area contributed by atoms with E-state index in [2.05, 4.69) is 0 Å². The summed E-state index contributed by atoms with van der Waals surface area (Å²) >= 11 is 0. The number of nitrogens with zero attached hydrogens (tertiary/aromatic N) is 1. The Labute approximate surface area is 62.1 Å². The van der Waals surface area contributed by atoms with Crippen LogP contribution in [0.5, 0.6) is 0 Å². The van der Waals surface area contributed by atoms with Gasteiger partial charge in [-0.2, -0.15) is 0 Å². The van der Waals surface area contributed by atoms with Crippen molar-refractivity contribution in [1.82, 2.24) is 4.90 Å². The maximum atomic E-state index is 6.84. The van der Waals surface area contributed by atoms with Gasteiger partial charge in [0.25, 0.3) is 0 Å². The van der Waals surface area contributed by atoms with E-state index in [9.17, 15) is 0 Å². The lowest BCUT2D eigenvalue weighted by molar-refractivity contribution is 0.421. The Balaban J connectivity index is 0. The summed E-state index contributed by atoms with van der Waals surface area (Å²) in [7, 11) is 3.92. The highest BCUT2D eigenvalue weighted by atomic mass is 35.5. The summed E-state index contributed by atoms with van der Waals surface area (Å²) in [6.07, 6.45) is 0.674. The van der Waals surface area contributed by atoms with E-state index in [1.807, 2.05) is 19.0 Å². The maximum absolute atomic E-state index is 6.84. The molecule has 0 aliphatic rings. The molecule has 0 saturated carbocycles. The fourth-order valence-electron chi connectivity index (χ4n) is 0.344. The smallest absolute Gasteiger partial charge is 0.0918 e. The lowest BCUT2D eigenvalue weighted by atomic mass is 10.4. The minimum Gasteiger partial charge on any atom is -0.388 e. The largest absolute Gasteiger partial charge is 0.388 e. The molecule has 0 aromatic rings. The number of halogens is 1. The zero-order chi connectivity index (χ0) is 6.57. The lowest BCUT2D eigenvalue weighted by Gasteiger charge is -2.06. The minimum atomic E-state index is 0. The molecule has 0 aliphatic heterocycles. The van der Waals surface area contributed by atoms with Crippen molar-refractivity contribution in [2.24, 2.45) is 5.73 Å². The number of hydrogen-bond acceptors (Lipinski definition) is 2. The van der Waals surface area contributed by atoms with Crippen molar-refractivity contribution in [3.05, 3.63) is 0 Å². The van der Waals surface area contributed by atoms with E-state index in [0.717, 1.165) is 6.54 Å². The van der Waals surface area contributed by atoms with Gasteiger partial charge in [0.1, 0.15) is 0 Å². The molecule has 0 aromatic heterocycles. The summed E-state index contributed by atoms with van der Waals surface area (Å²) in [4.78, 5) is 2.00. The Morgan fingerprint density at radius 2 is 2.00 bits per heavy atom. The topological polar surface area (TPSA) is 53.1 Å². The van der Waals surface area contributed by atoms with Crippen LogP contribution < -0.4 is 5.73 Å². The Morgan fingerprint density at radius 1 is 1.56 bits per heavy atom. The first-order valence-electron chi connectivity index (χ1n) is 2.60. The van der Waals surface area contributed by atoms with E-state index in [1.165, 1.54) is 0 Å². The van der Waals surface area contributed by atoms with Crippen LogP contribution in [-0.2, 0) is 0 Å². The van der Waals surface area contributed by atoms with Crippen molar-refractivity contribution in [2.75, 3.05) is 20.6 Å². The van der Waals surface area contributed by atoms with Crippen LogP contribution >= 0.6 is 12.4 Å². The minimum absolute atomic E-state index is 0.